The van der Waals surface area contributed by atoms with Gasteiger partial charge in [0.1, 0.15) is 0 Å². The second-order valence-electron chi connectivity index (χ2n) is 14.0. The number of hydrogen-bond donors (Lipinski definition) is 0. The zero-order valence-corrected chi connectivity index (χ0v) is 30.6. The summed E-state index contributed by atoms with van der Waals surface area (Å²) in [7, 11) is 0. The third-order valence-corrected chi connectivity index (χ3v) is 10.2. The van der Waals surface area contributed by atoms with Crippen molar-refractivity contribution >= 4 is 21.8 Å². The Morgan fingerprint density at radius 1 is 0.397 bits per heavy atom. The van der Waals surface area contributed by atoms with Gasteiger partial charge in [0.2, 0.25) is 0 Å². The molecule has 0 bridgehead atoms. The minimum atomic E-state index is -5.02. The Morgan fingerprint density at radius 2 is 0.897 bits per heavy atom. The van der Waals surface area contributed by atoms with Gasteiger partial charge >= 0.3 is 12.4 Å². The highest BCUT2D eigenvalue weighted by Gasteiger charge is 2.37. The zero-order valence-electron chi connectivity index (χ0n) is 30.6. The Hall–Kier alpha value is -7.07. The summed E-state index contributed by atoms with van der Waals surface area (Å²) in [5.74, 6) is 1.03. The predicted octanol–water partition coefficient (Wildman–Crippen LogP) is 13.6. The van der Waals surface area contributed by atoms with Crippen molar-refractivity contribution in [1.29, 1.82) is 0 Å². The van der Waals surface area contributed by atoms with E-state index in [1.165, 1.54) is 6.07 Å². The van der Waals surface area contributed by atoms with Crippen molar-refractivity contribution in [3.8, 4) is 62.1 Å². The standard InChI is InChI=1S/C48H30F6N4/c1-29-16-18-30(19-17-29)33-21-23-42-40(26-33)38-14-8-9-15-41(38)58(42)43-27-34(35-24-36(47(49,50)51)28-37(25-35)48(52,53)54)20-22-39(43)46-56-44(31-10-4-2-5-11-31)55-45(57-46)32-12-6-3-7-13-32/h2-28H,1H3. The van der Waals surface area contributed by atoms with E-state index in [-0.39, 0.29) is 23.0 Å². The molecule has 0 amide bonds. The van der Waals surface area contributed by atoms with Crippen LogP contribution in [0, 0.1) is 6.92 Å². The van der Waals surface area contributed by atoms with Crippen LogP contribution >= 0.6 is 0 Å². The summed E-state index contributed by atoms with van der Waals surface area (Å²) in [6.45, 7) is 2.02. The molecule has 0 N–H and O–H groups in total. The van der Waals surface area contributed by atoms with Gasteiger partial charge in [0.05, 0.1) is 27.8 Å². The van der Waals surface area contributed by atoms with Gasteiger partial charge in [-0.2, -0.15) is 26.3 Å². The molecule has 0 fully saturated rings. The molecule has 284 valence electrons. The highest BCUT2D eigenvalue weighted by atomic mass is 19.4. The number of halogens is 6. The van der Waals surface area contributed by atoms with Crippen LogP contribution in [0.15, 0.2) is 164 Å². The van der Waals surface area contributed by atoms with E-state index < -0.39 is 23.5 Å². The van der Waals surface area contributed by atoms with Gasteiger partial charge < -0.3 is 4.57 Å². The summed E-state index contributed by atoms with van der Waals surface area (Å²) < 4.78 is 86.7. The van der Waals surface area contributed by atoms with Crippen LogP contribution in [-0.4, -0.2) is 19.5 Å². The van der Waals surface area contributed by atoms with E-state index in [2.05, 4.69) is 18.2 Å². The number of hydrogen-bond acceptors (Lipinski definition) is 3. The molecule has 9 rings (SSSR count). The normalized spacial score (nSPS) is 12.1. The Kier molecular flexibility index (Phi) is 8.92. The lowest BCUT2D eigenvalue weighted by atomic mass is 9.97. The SMILES string of the molecule is Cc1ccc(-c2ccc3c(c2)c2ccccc2n3-c2cc(-c3cc(C(F)(F)F)cc(C(F)(F)F)c3)ccc2-c2nc(-c3ccccc3)nc(-c3ccccc3)n2)cc1. The quantitative estimate of drug-likeness (QED) is 0.158. The van der Waals surface area contributed by atoms with E-state index in [4.69, 9.17) is 15.0 Å². The average molecular weight is 777 g/mol. The first-order valence-electron chi connectivity index (χ1n) is 18.3. The molecule has 4 nitrogen and oxygen atoms in total. The Labute approximate surface area is 328 Å². The van der Waals surface area contributed by atoms with Gasteiger partial charge in [-0.3, -0.25) is 0 Å². The van der Waals surface area contributed by atoms with Crippen molar-refractivity contribution in [2.75, 3.05) is 0 Å². The van der Waals surface area contributed by atoms with E-state index in [1.807, 2.05) is 121 Å². The predicted molar refractivity (Wildman–Crippen MR) is 216 cm³/mol. The maximum atomic E-state index is 14.1. The molecule has 0 spiro atoms. The fourth-order valence-electron chi connectivity index (χ4n) is 7.29. The number of rotatable bonds is 6. The van der Waals surface area contributed by atoms with Crippen molar-refractivity contribution < 1.29 is 26.3 Å². The molecule has 0 radical (unpaired) electrons. The molecule has 58 heavy (non-hydrogen) atoms. The highest BCUT2D eigenvalue weighted by molar-refractivity contribution is 6.11. The van der Waals surface area contributed by atoms with Crippen molar-refractivity contribution in [2.24, 2.45) is 0 Å². The van der Waals surface area contributed by atoms with Crippen LogP contribution in [0.2, 0.25) is 0 Å². The third-order valence-electron chi connectivity index (χ3n) is 10.2. The first-order chi connectivity index (χ1) is 27.9. The molecule has 7 aromatic carbocycles. The van der Waals surface area contributed by atoms with Gasteiger partial charge in [0, 0.05) is 27.5 Å². The molecule has 0 aliphatic carbocycles. The van der Waals surface area contributed by atoms with Crippen LogP contribution in [0.4, 0.5) is 26.3 Å². The van der Waals surface area contributed by atoms with Crippen molar-refractivity contribution in [1.82, 2.24) is 19.5 Å². The van der Waals surface area contributed by atoms with Gasteiger partial charge in [0.15, 0.2) is 17.5 Å². The van der Waals surface area contributed by atoms with Crippen molar-refractivity contribution in [3.05, 3.63) is 180 Å². The number of nitrogens with zero attached hydrogens (tertiary/aromatic N) is 4. The van der Waals surface area contributed by atoms with Crippen LogP contribution in [0.3, 0.4) is 0 Å². The van der Waals surface area contributed by atoms with E-state index >= 15 is 0 Å². The summed E-state index contributed by atoms with van der Waals surface area (Å²) in [4.78, 5) is 14.7. The largest absolute Gasteiger partial charge is 0.416 e. The molecule has 9 aromatic rings. The van der Waals surface area contributed by atoms with Gasteiger partial charge in [-0.25, -0.2) is 15.0 Å². The summed E-state index contributed by atoms with van der Waals surface area (Å²) in [6, 6.07) is 47.1. The Bertz CT molecular complexity index is 2880. The maximum absolute atomic E-state index is 14.1. The van der Waals surface area contributed by atoms with E-state index in [0.29, 0.717) is 22.9 Å². The van der Waals surface area contributed by atoms with E-state index in [1.54, 1.807) is 12.1 Å². The van der Waals surface area contributed by atoms with E-state index in [0.717, 1.165) is 61.8 Å². The maximum Gasteiger partial charge on any atom is 0.416 e. The highest BCUT2D eigenvalue weighted by Crippen LogP contribution is 2.42. The number of aromatic nitrogens is 4. The summed E-state index contributed by atoms with van der Waals surface area (Å²) in [6.07, 6.45) is -10.0. The minimum Gasteiger partial charge on any atom is -0.308 e. The fraction of sp³-hybridized carbons (Fsp3) is 0.0625. The van der Waals surface area contributed by atoms with Gasteiger partial charge in [-0.15, -0.1) is 0 Å². The first-order valence-corrected chi connectivity index (χ1v) is 18.3. The zero-order chi connectivity index (χ0) is 40.2. The number of aryl methyl sites for hydroxylation is 1. The number of benzene rings is 7. The second kappa shape index (κ2) is 14.1. The lowest BCUT2D eigenvalue weighted by Gasteiger charge is -2.18. The second-order valence-corrected chi connectivity index (χ2v) is 14.0. The molecular formula is C48H30F6N4. The molecule has 2 aromatic heterocycles. The molecule has 2 heterocycles. The smallest absolute Gasteiger partial charge is 0.308 e. The van der Waals surface area contributed by atoms with Crippen LogP contribution in [0.25, 0.3) is 83.9 Å². The average Bonchev–Trinajstić information content (AvgIpc) is 3.57. The lowest BCUT2D eigenvalue weighted by molar-refractivity contribution is -0.143. The number of para-hydroxylation sites is 1. The third kappa shape index (κ3) is 6.87. The number of fused-ring (bicyclic) bond motifs is 3. The van der Waals surface area contributed by atoms with Crippen LogP contribution in [-0.2, 0) is 12.4 Å². The Morgan fingerprint density at radius 3 is 1.50 bits per heavy atom. The molecule has 0 aliphatic heterocycles. The monoisotopic (exact) mass is 776 g/mol. The Balaban J connectivity index is 1.35. The summed E-state index contributed by atoms with van der Waals surface area (Å²) >= 11 is 0. The van der Waals surface area contributed by atoms with Crippen molar-refractivity contribution in [2.45, 2.75) is 19.3 Å². The van der Waals surface area contributed by atoms with Crippen LogP contribution < -0.4 is 0 Å². The molecule has 0 aliphatic rings. The molecule has 0 saturated carbocycles. The fourth-order valence-corrected chi connectivity index (χ4v) is 7.29. The van der Waals surface area contributed by atoms with Gasteiger partial charge in [-0.1, -0.05) is 121 Å². The van der Waals surface area contributed by atoms with Crippen molar-refractivity contribution in [3.63, 3.8) is 0 Å². The summed E-state index contributed by atoms with van der Waals surface area (Å²) in [5, 5.41) is 1.79. The number of alkyl halides is 6. The lowest BCUT2D eigenvalue weighted by Crippen LogP contribution is -2.11. The summed E-state index contributed by atoms with van der Waals surface area (Å²) in [5.41, 5.74) is 4.11. The first kappa shape index (κ1) is 36.6. The molecule has 0 unspecified atom stereocenters. The molecule has 0 saturated heterocycles. The topological polar surface area (TPSA) is 43.6 Å². The molecular weight excluding hydrogens is 747 g/mol. The molecule has 10 heteroatoms. The molecule has 0 atom stereocenters. The minimum absolute atomic E-state index is 0.137. The van der Waals surface area contributed by atoms with Crippen LogP contribution in [0.1, 0.15) is 16.7 Å². The van der Waals surface area contributed by atoms with Gasteiger partial charge in [-0.05, 0) is 77.7 Å². The van der Waals surface area contributed by atoms with Gasteiger partial charge in [0.25, 0.3) is 0 Å². The van der Waals surface area contributed by atoms with E-state index in [9.17, 15) is 26.3 Å². The van der Waals surface area contributed by atoms with Crippen LogP contribution in [0.5, 0.6) is 0 Å².